The fourth-order valence-electron chi connectivity index (χ4n) is 5.61. The van der Waals surface area contributed by atoms with E-state index in [1.54, 1.807) is 0 Å². The van der Waals surface area contributed by atoms with Crippen LogP contribution in [-0.2, 0) is 19.4 Å². The van der Waals surface area contributed by atoms with Crippen molar-refractivity contribution < 1.29 is 14.9 Å². The van der Waals surface area contributed by atoms with E-state index in [1.807, 2.05) is 30.3 Å². The molecule has 2 N–H and O–H groups in total. The van der Waals surface area contributed by atoms with Crippen molar-refractivity contribution in [3.05, 3.63) is 101 Å². The van der Waals surface area contributed by atoms with Crippen LogP contribution >= 0.6 is 0 Å². The summed E-state index contributed by atoms with van der Waals surface area (Å²) in [5.74, 6) is 1.09. The molecule has 4 heteroatoms. The first-order valence-electron chi connectivity index (χ1n) is 13.0. The molecule has 4 nitrogen and oxygen atoms in total. The number of aryl methyl sites for hydroxylation is 2. The molecule has 1 aliphatic carbocycles. The molecule has 0 spiro atoms. The third-order valence-corrected chi connectivity index (χ3v) is 7.85. The summed E-state index contributed by atoms with van der Waals surface area (Å²) in [6.45, 7) is 5.28. The van der Waals surface area contributed by atoms with Crippen molar-refractivity contribution in [2.45, 2.75) is 57.3 Å². The number of likely N-dealkylation sites (tertiary alicyclic amines) is 1. The summed E-state index contributed by atoms with van der Waals surface area (Å²) >= 11 is 0. The number of aliphatic hydroxyl groups is 2. The average Bonchev–Trinajstić information content (AvgIpc) is 2.88. The molecule has 0 aromatic heterocycles. The Kier molecular flexibility index (Phi) is 7.24. The molecule has 2 aliphatic rings. The summed E-state index contributed by atoms with van der Waals surface area (Å²) in [6.07, 6.45) is 3.76. The molecule has 184 valence electrons. The van der Waals surface area contributed by atoms with Crippen molar-refractivity contribution in [2.24, 2.45) is 5.92 Å². The van der Waals surface area contributed by atoms with Gasteiger partial charge in [-0.3, -0.25) is 0 Å². The average molecular weight is 472 g/mol. The zero-order valence-corrected chi connectivity index (χ0v) is 20.7. The van der Waals surface area contributed by atoms with Crippen LogP contribution in [0.4, 0.5) is 0 Å². The Morgan fingerprint density at radius 1 is 0.943 bits per heavy atom. The number of ether oxygens (including phenoxy) is 1. The van der Waals surface area contributed by atoms with Gasteiger partial charge in [0.2, 0.25) is 0 Å². The number of aliphatic hydroxyl groups excluding tert-OH is 1. The molecule has 3 aromatic carbocycles. The summed E-state index contributed by atoms with van der Waals surface area (Å²) in [5, 5.41) is 22.3. The predicted molar refractivity (Wildman–Crippen MR) is 139 cm³/mol. The fourth-order valence-corrected chi connectivity index (χ4v) is 5.61. The van der Waals surface area contributed by atoms with E-state index in [0.29, 0.717) is 6.61 Å². The maximum Gasteiger partial charge on any atom is 0.120 e. The molecule has 2 atom stereocenters. The van der Waals surface area contributed by atoms with Crippen molar-refractivity contribution in [2.75, 3.05) is 19.6 Å². The Morgan fingerprint density at radius 2 is 1.69 bits per heavy atom. The van der Waals surface area contributed by atoms with E-state index >= 15 is 0 Å². The third-order valence-electron chi connectivity index (χ3n) is 7.85. The number of rotatable bonds is 7. The van der Waals surface area contributed by atoms with Gasteiger partial charge in [0.05, 0.1) is 11.7 Å². The molecule has 0 saturated carbocycles. The highest BCUT2D eigenvalue weighted by Crippen LogP contribution is 2.37. The van der Waals surface area contributed by atoms with Gasteiger partial charge in [-0.05, 0) is 67.0 Å². The van der Waals surface area contributed by atoms with E-state index in [4.69, 9.17) is 4.74 Å². The van der Waals surface area contributed by atoms with Crippen LogP contribution in [0.1, 0.15) is 53.2 Å². The molecule has 3 aromatic rings. The molecule has 0 amide bonds. The lowest BCUT2D eigenvalue weighted by atomic mass is 9.80. The van der Waals surface area contributed by atoms with E-state index in [-0.39, 0.29) is 5.92 Å². The summed E-state index contributed by atoms with van der Waals surface area (Å²) in [5.41, 5.74) is 5.22. The molecule has 0 radical (unpaired) electrons. The number of hydrogen-bond donors (Lipinski definition) is 2. The minimum Gasteiger partial charge on any atom is -0.489 e. The van der Waals surface area contributed by atoms with Crippen LogP contribution in [0.3, 0.4) is 0 Å². The van der Waals surface area contributed by atoms with Crippen LogP contribution in [0.25, 0.3) is 0 Å². The van der Waals surface area contributed by atoms with E-state index in [9.17, 15) is 10.2 Å². The maximum absolute atomic E-state index is 11.2. The first kappa shape index (κ1) is 24.1. The van der Waals surface area contributed by atoms with Gasteiger partial charge in [-0.15, -0.1) is 0 Å². The SMILES string of the molecule is Cc1ccc(CC2(O)CCN(CC3CCc4cc(OCc5ccccc5)ccc4C3O)CC2)cc1. The zero-order chi connectivity index (χ0) is 24.3. The largest absolute Gasteiger partial charge is 0.489 e. The van der Waals surface area contributed by atoms with Crippen LogP contribution in [0.2, 0.25) is 0 Å². The van der Waals surface area contributed by atoms with Gasteiger partial charge in [-0.1, -0.05) is 66.2 Å². The van der Waals surface area contributed by atoms with Gasteiger partial charge in [-0.25, -0.2) is 0 Å². The molecule has 5 rings (SSSR count). The molecule has 0 bridgehead atoms. The van der Waals surface area contributed by atoms with Gasteiger partial charge >= 0.3 is 0 Å². The Balaban J connectivity index is 1.14. The smallest absolute Gasteiger partial charge is 0.120 e. The maximum atomic E-state index is 11.2. The summed E-state index contributed by atoms with van der Waals surface area (Å²) in [4.78, 5) is 2.43. The highest BCUT2D eigenvalue weighted by atomic mass is 16.5. The molecule has 2 unspecified atom stereocenters. The Bertz CT molecular complexity index is 1100. The van der Waals surface area contributed by atoms with Gasteiger partial charge in [0.1, 0.15) is 12.4 Å². The number of benzene rings is 3. The Morgan fingerprint density at radius 3 is 2.43 bits per heavy atom. The number of fused-ring (bicyclic) bond motifs is 1. The quantitative estimate of drug-likeness (QED) is 0.495. The van der Waals surface area contributed by atoms with E-state index in [0.717, 1.165) is 68.6 Å². The summed E-state index contributed by atoms with van der Waals surface area (Å²) in [6, 6.07) is 24.8. The van der Waals surface area contributed by atoms with Crippen molar-refractivity contribution in [3.63, 3.8) is 0 Å². The summed E-state index contributed by atoms with van der Waals surface area (Å²) in [7, 11) is 0. The lowest BCUT2D eigenvalue weighted by molar-refractivity contribution is -0.0307. The molecular formula is C31H37NO3. The van der Waals surface area contributed by atoms with Crippen molar-refractivity contribution in [3.8, 4) is 5.75 Å². The number of nitrogens with zero attached hydrogens (tertiary/aromatic N) is 1. The van der Waals surface area contributed by atoms with Crippen LogP contribution in [0.15, 0.2) is 72.8 Å². The normalized spacial score (nSPS) is 21.9. The van der Waals surface area contributed by atoms with Crippen LogP contribution in [-0.4, -0.2) is 40.3 Å². The first-order valence-corrected chi connectivity index (χ1v) is 13.0. The van der Waals surface area contributed by atoms with E-state index in [1.165, 1.54) is 16.7 Å². The van der Waals surface area contributed by atoms with Crippen molar-refractivity contribution >= 4 is 0 Å². The predicted octanol–water partition coefficient (Wildman–Crippen LogP) is 5.24. The van der Waals surface area contributed by atoms with Crippen LogP contribution in [0.5, 0.6) is 5.75 Å². The van der Waals surface area contributed by atoms with Gasteiger partial charge < -0.3 is 19.8 Å². The standard InChI is InChI=1S/C31H37NO3/c1-23-7-9-24(10-8-23)20-31(34)15-17-32(18-16-31)21-27-12-11-26-19-28(13-14-29(26)30(27)33)35-22-25-5-3-2-4-6-25/h2-10,13-14,19,27,30,33-34H,11-12,15-18,20-22H2,1H3. The number of hydrogen-bond acceptors (Lipinski definition) is 4. The van der Waals surface area contributed by atoms with Gasteiger partial charge in [0.15, 0.2) is 0 Å². The minimum absolute atomic E-state index is 0.224. The van der Waals surface area contributed by atoms with E-state index in [2.05, 4.69) is 54.3 Å². The minimum atomic E-state index is -0.625. The molecule has 1 fully saturated rings. The second-order valence-electron chi connectivity index (χ2n) is 10.6. The second kappa shape index (κ2) is 10.5. The van der Waals surface area contributed by atoms with Crippen LogP contribution in [0, 0.1) is 12.8 Å². The van der Waals surface area contributed by atoms with Crippen LogP contribution < -0.4 is 4.74 Å². The zero-order valence-electron chi connectivity index (χ0n) is 20.7. The summed E-state index contributed by atoms with van der Waals surface area (Å²) < 4.78 is 6.00. The van der Waals surface area contributed by atoms with Crippen molar-refractivity contribution in [1.82, 2.24) is 4.90 Å². The Hall–Kier alpha value is -2.66. The fraction of sp³-hybridized carbons (Fsp3) is 0.419. The Labute approximate surface area is 209 Å². The molecule has 1 aliphatic heterocycles. The van der Waals surface area contributed by atoms with Gasteiger partial charge in [0, 0.05) is 32.0 Å². The highest BCUT2D eigenvalue weighted by molar-refractivity contribution is 5.39. The highest BCUT2D eigenvalue weighted by Gasteiger charge is 2.35. The van der Waals surface area contributed by atoms with Gasteiger partial charge in [0.25, 0.3) is 0 Å². The molecular weight excluding hydrogens is 434 g/mol. The first-order chi connectivity index (χ1) is 17.0. The topological polar surface area (TPSA) is 52.9 Å². The lowest BCUT2D eigenvalue weighted by Gasteiger charge is -2.41. The van der Waals surface area contributed by atoms with Gasteiger partial charge in [-0.2, -0.15) is 0 Å². The third kappa shape index (κ3) is 5.95. The second-order valence-corrected chi connectivity index (χ2v) is 10.6. The monoisotopic (exact) mass is 471 g/mol. The number of piperidine rings is 1. The lowest BCUT2D eigenvalue weighted by Crippen LogP contribution is -2.47. The van der Waals surface area contributed by atoms with E-state index < -0.39 is 11.7 Å². The molecule has 35 heavy (non-hydrogen) atoms. The van der Waals surface area contributed by atoms with Crippen molar-refractivity contribution in [1.29, 1.82) is 0 Å². The molecule has 1 heterocycles. The molecule has 1 saturated heterocycles.